The highest BCUT2D eigenvalue weighted by Gasteiger charge is 2.15. The number of hydrogen-bond donors (Lipinski definition) is 2. The average molecular weight is 487 g/mol. The van der Waals surface area contributed by atoms with Crippen LogP contribution < -0.4 is 16.4 Å². The summed E-state index contributed by atoms with van der Waals surface area (Å²) in [4.78, 5) is 17.8. The Balaban J connectivity index is 0.000000179. The Bertz CT molecular complexity index is 1180. The summed E-state index contributed by atoms with van der Waals surface area (Å²) in [5, 5.41) is 0. The van der Waals surface area contributed by atoms with E-state index >= 15 is 0 Å². The van der Waals surface area contributed by atoms with Crippen molar-refractivity contribution in [3.8, 4) is 11.1 Å². The van der Waals surface area contributed by atoms with E-state index in [0.717, 1.165) is 30.8 Å². The second-order valence-electron chi connectivity index (χ2n) is 9.90. The number of ether oxygens (including phenoxy) is 1. The zero-order valence-electron chi connectivity index (χ0n) is 21.5. The molecule has 2 fully saturated rings. The molecule has 1 aliphatic heterocycles. The third-order valence-corrected chi connectivity index (χ3v) is 7.19. The van der Waals surface area contributed by atoms with E-state index in [4.69, 9.17) is 16.2 Å². The third kappa shape index (κ3) is 6.64. The number of carbonyl (C=O) groups excluding carboxylic acids is 1. The molecule has 4 N–H and O–H groups in total. The van der Waals surface area contributed by atoms with Gasteiger partial charge in [-0.3, -0.25) is 4.79 Å². The molecule has 36 heavy (non-hydrogen) atoms. The molecule has 3 aromatic rings. The summed E-state index contributed by atoms with van der Waals surface area (Å²) in [6.45, 7) is 7.28. The van der Waals surface area contributed by atoms with Gasteiger partial charge in [-0.1, -0.05) is 43.2 Å². The van der Waals surface area contributed by atoms with Crippen molar-refractivity contribution in [2.75, 3.05) is 23.7 Å². The van der Waals surface area contributed by atoms with Crippen LogP contribution in [-0.4, -0.2) is 30.1 Å². The van der Waals surface area contributed by atoms with Crippen molar-refractivity contribution in [2.45, 2.75) is 65.1 Å². The van der Waals surface area contributed by atoms with E-state index in [1.54, 1.807) is 12.3 Å². The maximum Gasteiger partial charge on any atom is 0.252 e. The fourth-order valence-electron chi connectivity index (χ4n) is 4.85. The molecule has 2 aromatic carbocycles. The number of amides is 1. The van der Waals surface area contributed by atoms with E-state index in [0.29, 0.717) is 6.10 Å². The molecule has 1 aliphatic carbocycles. The summed E-state index contributed by atoms with van der Waals surface area (Å²) < 4.78 is 5.88. The standard InChI is InChI=1S/C16H18N4O.C14H20O/c17-15-14(16(18)21)9-12(10-19-15)11-4-3-5-13(8-11)20-6-1-2-7-20;1-11-7-8-13(9-12(11)2)10-15-14-5-3-4-6-14/h3-5,8-10H,1-2,6-7H2,(H2,17,19)(H2,18,21);7-9,14H,3-6,10H2,1-2H3. The van der Waals surface area contributed by atoms with Gasteiger partial charge >= 0.3 is 0 Å². The van der Waals surface area contributed by atoms with Crippen LogP contribution in [0.5, 0.6) is 0 Å². The van der Waals surface area contributed by atoms with Crippen molar-refractivity contribution in [1.29, 1.82) is 0 Å². The molecular weight excluding hydrogens is 448 g/mol. The van der Waals surface area contributed by atoms with Crippen LogP contribution in [0.4, 0.5) is 11.5 Å². The van der Waals surface area contributed by atoms with Crippen molar-refractivity contribution in [2.24, 2.45) is 5.73 Å². The Morgan fingerprint density at radius 3 is 2.42 bits per heavy atom. The quantitative estimate of drug-likeness (QED) is 0.460. The topological polar surface area (TPSA) is 94.5 Å². The van der Waals surface area contributed by atoms with Crippen molar-refractivity contribution < 1.29 is 9.53 Å². The molecule has 1 aromatic heterocycles. The summed E-state index contributed by atoms with van der Waals surface area (Å²) >= 11 is 0. The lowest BCUT2D eigenvalue weighted by molar-refractivity contribution is 0.0456. The highest BCUT2D eigenvalue weighted by molar-refractivity contribution is 5.98. The summed E-state index contributed by atoms with van der Waals surface area (Å²) in [6, 6.07) is 16.5. The van der Waals surface area contributed by atoms with Gasteiger partial charge in [0.25, 0.3) is 5.91 Å². The van der Waals surface area contributed by atoms with Crippen LogP contribution >= 0.6 is 0 Å². The molecule has 0 atom stereocenters. The number of aromatic nitrogens is 1. The lowest BCUT2D eigenvalue weighted by atomic mass is 10.0. The molecule has 2 aliphatic rings. The van der Waals surface area contributed by atoms with Gasteiger partial charge in [0.1, 0.15) is 5.82 Å². The normalized spacial score (nSPS) is 15.6. The number of benzene rings is 2. The van der Waals surface area contributed by atoms with E-state index in [1.807, 2.05) is 12.1 Å². The minimum absolute atomic E-state index is 0.168. The molecule has 5 rings (SSSR count). The van der Waals surface area contributed by atoms with Gasteiger partial charge in [-0.25, -0.2) is 4.98 Å². The summed E-state index contributed by atoms with van der Waals surface area (Å²) in [6.07, 6.45) is 9.86. The molecule has 6 heteroatoms. The summed E-state index contributed by atoms with van der Waals surface area (Å²) in [5.74, 6) is -0.389. The molecule has 0 radical (unpaired) electrons. The number of anilines is 2. The van der Waals surface area contributed by atoms with Gasteiger partial charge in [0.2, 0.25) is 0 Å². The van der Waals surface area contributed by atoms with E-state index < -0.39 is 5.91 Å². The number of rotatable bonds is 6. The van der Waals surface area contributed by atoms with E-state index in [1.165, 1.54) is 60.9 Å². The largest absolute Gasteiger partial charge is 0.383 e. The van der Waals surface area contributed by atoms with Gasteiger partial charge < -0.3 is 21.1 Å². The Labute approximate surface area is 214 Å². The molecule has 1 saturated heterocycles. The van der Waals surface area contributed by atoms with Gasteiger partial charge in [-0.15, -0.1) is 0 Å². The van der Waals surface area contributed by atoms with Crippen LogP contribution in [-0.2, 0) is 11.3 Å². The number of nitrogens with zero attached hydrogens (tertiary/aromatic N) is 2. The van der Waals surface area contributed by atoms with Gasteiger partial charge in [0.05, 0.1) is 18.3 Å². The molecule has 190 valence electrons. The fraction of sp³-hybridized carbons (Fsp3) is 0.400. The Morgan fingerprint density at radius 1 is 0.972 bits per heavy atom. The summed E-state index contributed by atoms with van der Waals surface area (Å²) in [5.41, 5.74) is 18.4. The first-order valence-corrected chi connectivity index (χ1v) is 13.0. The molecule has 0 spiro atoms. The van der Waals surface area contributed by atoms with Gasteiger partial charge in [-0.2, -0.15) is 0 Å². The van der Waals surface area contributed by atoms with Crippen molar-refractivity contribution >= 4 is 17.4 Å². The molecular formula is C30H38N4O2. The van der Waals surface area contributed by atoms with E-state index in [2.05, 4.69) is 54.1 Å². The van der Waals surface area contributed by atoms with Crippen molar-refractivity contribution in [3.63, 3.8) is 0 Å². The second-order valence-corrected chi connectivity index (χ2v) is 9.90. The minimum Gasteiger partial charge on any atom is -0.383 e. The first-order chi connectivity index (χ1) is 17.4. The van der Waals surface area contributed by atoms with Crippen LogP contribution in [0.1, 0.15) is 65.6 Å². The lowest BCUT2D eigenvalue weighted by Crippen LogP contribution is -2.17. The SMILES string of the molecule is Cc1ccc(COC2CCCC2)cc1C.NC(=O)c1cc(-c2cccc(N3CCCC3)c2)cnc1N. The smallest absolute Gasteiger partial charge is 0.252 e. The maximum absolute atomic E-state index is 11.4. The molecule has 1 saturated carbocycles. The van der Waals surface area contributed by atoms with E-state index in [-0.39, 0.29) is 11.4 Å². The van der Waals surface area contributed by atoms with Gasteiger partial charge in [0.15, 0.2) is 0 Å². The Hall–Kier alpha value is -3.38. The number of nitrogens with two attached hydrogens (primary N) is 2. The predicted molar refractivity (Wildman–Crippen MR) is 147 cm³/mol. The van der Waals surface area contributed by atoms with Crippen LogP contribution in [0, 0.1) is 13.8 Å². The first kappa shape index (κ1) is 25.7. The predicted octanol–water partition coefficient (Wildman–Crippen LogP) is 5.79. The number of pyridine rings is 1. The van der Waals surface area contributed by atoms with Gasteiger partial charge in [-0.05, 0) is 80.0 Å². The number of hydrogen-bond acceptors (Lipinski definition) is 5. The monoisotopic (exact) mass is 486 g/mol. The Morgan fingerprint density at radius 2 is 1.72 bits per heavy atom. The van der Waals surface area contributed by atoms with Crippen LogP contribution in [0.15, 0.2) is 54.7 Å². The fourth-order valence-corrected chi connectivity index (χ4v) is 4.85. The molecule has 6 nitrogen and oxygen atoms in total. The second kappa shape index (κ2) is 12.0. The molecule has 1 amide bonds. The lowest BCUT2D eigenvalue weighted by Gasteiger charge is -2.18. The minimum atomic E-state index is -0.558. The molecule has 0 unspecified atom stereocenters. The van der Waals surface area contributed by atoms with E-state index in [9.17, 15) is 4.79 Å². The highest BCUT2D eigenvalue weighted by atomic mass is 16.5. The highest BCUT2D eigenvalue weighted by Crippen LogP contribution is 2.28. The van der Waals surface area contributed by atoms with Crippen LogP contribution in [0.3, 0.4) is 0 Å². The van der Waals surface area contributed by atoms with Crippen LogP contribution in [0.25, 0.3) is 11.1 Å². The van der Waals surface area contributed by atoms with Crippen LogP contribution in [0.2, 0.25) is 0 Å². The number of nitrogen functional groups attached to an aromatic ring is 1. The average Bonchev–Trinajstić information content (AvgIpc) is 3.60. The molecule has 2 heterocycles. The van der Waals surface area contributed by atoms with Crippen molar-refractivity contribution in [1.82, 2.24) is 4.98 Å². The number of carbonyl (C=O) groups is 1. The zero-order valence-corrected chi connectivity index (χ0v) is 21.5. The first-order valence-electron chi connectivity index (χ1n) is 13.0. The summed E-state index contributed by atoms with van der Waals surface area (Å²) in [7, 11) is 0. The third-order valence-electron chi connectivity index (χ3n) is 7.19. The Kier molecular flexibility index (Phi) is 8.60. The van der Waals surface area contributed by atoms with Gasteiger partial charge in [0, 0.05) is 30.5 Å². The number of aryl methyl sites for hydroxylation is 2. The molecule has 0 bridgehead atoms. The van der Waals surface area contributed by atoms with Crippen molar-refractivity contribution in [3.05, 3.63) is 77.0 Å². The maximum atomic E-state index is 11.4. The zero-order chi connectivity index (χ0) is 25.5. The number of primary amides is 1.